The number of nitrogens with zero attached hydrogens (tertiary/aromatic N) is 2. The average molecular weight is 471 g/mol. The van der Waals surface area contributed by atoms with Crippen LogP contribution in [0.1, 0.15) is 36.1 Å². The van der Waals surface area contributed by atoms with Crippen LogP contribution in [-0.4, -0.2) is 46.0 Å². The number of aliphatic imine (C=N–C) groups is 1. The molecule has 9 heteroatoms. The lowest BCUT2D eigenvalue weighted by Gasteiger charge is -2.34. The minimum atomic E-state index is -0.648. The summed E-state index contributed by atoms with van der Waals surface area (Å²) >= 11 is 1.27. The molecule has 0 amide bonds. The minimum absolute atomic E-state index is 0.0862. The third-order valence-electron chi connectivity index (χ3n) is 6.09. The van der Waals surface area contributed by atoms with Crippen LogP contribution >= 0.6 is 11.9 Å². The van der Waals surface area contributed by atoms with Crippen molar-refractivity contribution in [2.45, 2.75) is 37.6 Å². The van der Waals surface area contributed by atoms with Crippen molar-refractivity contribution in [1.29, 1.82) is 0 Å². The van der Waals surface area contributed by atoms with Crippen molar-refractivity contribution >= 4 is 35.0 Å². The number of nitrogens with one attached hydrogen (secondary N) is 2. The Morgan fingerprint density at radius 2 is 1.91 bits per heavy atom. The molecule has 0 aromatic heterocycles. The third kappa shape index (κ3) is 5.33. The number of ketones is 2. The van der Waals surface area contributed by atoms with Crippen molar-refractivity contribution in [1.82, 2.24) is 15.1 Å². The van der Waals surface area contributed by atoms with E-state index in [-0.39, 0.29) is 12.5 Å². The topological polar surface area (TPSA) is 94.0 Å². The molecule has 0 aliphatic carbocycles. The molecule has 2 aliphatic rings. The molecule has 2 fully saturated rings. The molecule has 0 bridgehead atoms. The summed E-state index contributed by atoms with van der Waals surface area (Å²) in [4.78, 5) is 29.6. The molecule has 33 heavy (non-hydrogen) atoms. The number of hydroxylamine groups is 1. The van der Waals surface area contributed by atoms with Gasteiger partial charge < -0.3 is 5.32 Å². The van der Waals surface area contributed by atoms with Crippen molar-refractivity contribution in [3.05, 3.63) is 65.5 Å². The second kappa shape index (κ2) is 10.6. The number of carbonyl (C=O) groups excluding carboxylic acids is 2. The summed E-state index contributed by atoms with van der Waals surface area (Å²) in [5, 5.41) is 12.1. The monoisotopic (exact) mass is 470 g/mol. The lowest BCUT2D eigenvalue weighted by molar-refractivity contribution is -0.139. The lowest BCUT2D eigenvalue weighted by Crippen LogP contribution is -2.45. The third-order valence-corrected chi connectivity index (χ3v) is 7.50. The van der Waals surface area contributed by atoms with Crippen LogP contribution in [0.5, 0.6) is 0 Å². The first-order chi connectivity index (χ1) is 16.0. The van der Waals surface area contributed by atoms with Gasteiger partial charge in [-0.3, -0.25) is 20.3 Å². The summed E-state index contributed by atoms with van der Waals surface area (Å²) in [5.41, 5.74) is 3.74. The molecule has 174 valence electrons. The maximum absolute atomic E-state index is 15.0. The number of hydrogen-bond acceptors (Lipinski definition) is 7. The van der Waals surface area contributed by atoms with E-state index >= 15 is 0 Å². The van der Waals surface area contributed by atoms with E-state index < -0.39 is 28.7 Å². The molecule has 4 rings (SSSR count). The molecule has 2 aromatic rings. The molecule has 0 spiro atoms. The normalized spacial score (nSPS) is 23.1. The molecular weight excluding hydrogens is 443 g/mol. The fourth-order valence-electron chi connectivity index (χ4n) is 4.10. The van der Waals surface area contributed by atoms with Crippen molar-refractivity contribution < 1.29 is 19.2 Å². The largest absolute Gasteiger partial charge is 0.317 e. The van der Waals surface area contributed by atoms with Gasteiger partial charge in [-0.1, -0.05) is 48.3 Å². The van der Waals surface area contributed by atoms with E-state index in [4.69, 9.17) is 0 Å². The summed E-state index contributed by atoms with van der Waals surface area (Å²) in [5.74, 6) is -0.832. The highest BCUT2D eigenvalue weighted by Crippen LogP contribution is 2.40. The van der Waals surface area contributed by atoms with Gasteiger partial charge in [0.15, 0.2) is 0 Å². The van der Waals surface area contributed by atoms with Crippen LogP contribution in [0.2, 0.25) is 0 Å². The quantitative estimate of drug-likeness (QED) is 0.202. The van der Waals surface area contributed by atoms with Crippen LogP contribution in [0.3, 0.4) is 0 Å². The summed E-state index contributed by atoms with van der Waals surface area (Å²) in [6.45, 7) is 3.53. The van der Waals surface area contributed by atoms with Gasteiger partial charge in [0.05, 0.1) is 11.7 Å². The molecule has 2 aliphatic heterocycles. The standard InChI is InChI=1S/C24H27FN4O3S/c1-15-21(30)22(31)23(16-5-3-2-4-6-16)33-29(15)14-18-7-8-19(13-20(18)25)27-24(28-32)17-9-11-26-12-10-17/h2-8,13,15,17,23,26,32H,9-12,14H2,1H3,(H,27,28)/t15-,23?/m0/s1. The fraction of sp³-hybridized carbons (Fsp3) is 0.375. The van der Waals surface area contributed by atoms with E-state index in [2.05, 4.69) is 15.8 Å². The molecule has 1 unspecified atom stereocenters. The Balaban J connectivity index is 1.51. The molecule has 0 saturated carbocycles. The molecule has 2 atom stereocenters. The Bertz CT molecular complexity index is 1040. The zero-order valence-corrected chi connectivity index (χ0v) is 19.1. The van der Waals surface area contributed by atoms with E-state index in [9.17, 15) is 19.2 Å². The van der Waals surface area contributed by atoms with Gasteiger partial charge in [0.25, 0.3) is 0 Å². The number of Topliss-reactive ketones (excluding diaryl/α,β-unsaturated/α-hetero) is 2. The minimum Gasteiger partial charge on any atom is -0.317 e. The van der Waals surface area contributed by atoms with Gasteiger partial charge >= 0.3 is 0 Å². The van der Waals surface area contributed by atoms with E-state index in [1.54, 1.807) is 23.4 Å². The van der Waals surface area contributed by atoms with Crippen LogP contribution in [-0.2, 0) is 16.1 Å². The summed E-state index contributed by atoms with van der Waals surface area (Å²) in [6, 6.07) is 13.2. The van der Waals surface area contributed by atoms with E-state index in [0.29, 0.717) is 17.1 Å². The highest BCUT2D eigenvalue weighted by atomic mass is 32.2. The summed E-state index contributed by atoms with van der Waals surface area (Å²) < 4.78 is 16.7. The molecule has 2 heterocycles. The van der Waals surface area contributed by atoms with Crippen molar-refractivity contribution in [3.63, 3.8) is 0 Å². The van der Waals surface area contributed by atoms with E-state index in [1.807, 2.05) is 30.3 Å². The van der Waals surface area contributed by atoms with Gasteiger partial charge in [-0.05, 0) is 50.6 Å². The highest BCUT2D eigenvalue weighted by Gasteiger charge is 2.41. The predicted octanol–water partition coefficient (Wildman–Crippen LogP) is 3.57. The highest BCUT2D eigenvalue weighted by molar-refractivity contribution is 7.98. The molecule has 3 N–H and O–H groups in total. The average Bonchev–Trinajstić information content (AvgIpc) is 2.85. The van der Waals surface area contributed by atoms with Crippen LogP contribution < -0.4 is 10.8 Å². The van der Waals surface area contributed by atoms with E-state index in [0.717, 1.165) is 31.5 Å². The Labute approximate surface area is 196 Å². The molecule has 7 nitrogen and oxygen atoms in total. The second-order valence-electron chi connectivity index (χ2n) is 8.28. The summed E-state index contributed by atoms with van der Waals surface area (Å²) in [6.07, 6.45) is 1.68. The molecule has 0 radical (unpaired) electrons. The molecule has 2 saturated heterocycles. The fourth-order valence-corrected chi connectivity index (χ4v) is 5.35. The Morgan fingerprint density at radius 3 is 2.58 bits per heavy atom. The Kier molecular flexibility index (Phi) is 7.54. The number of carbonyl (C=O) groups is 2. The number of halogens is 1. The first kappa shape index (κ1) is 23.6. The molecular formula is C24H27FN4O3S. The van der Waals surface area contributed by atoms with Gasteiger partial charge in [0.2, 0.25) is 11.6 Å². The smallest absolute Gasteiger partial charge is 0.218 e. The first-order valence-electron chi connectivity index (χ1n) is 11.0. The zero-order valence-electron chi connectivity index (χ0n) is 18.3. The van der Waals surface area contributed by atoms with Crippen LogP contribution in [0.15, 0.2) is 53.5 Å². The van der Waals surface area contributed by atoms with Crippen molar-refractivity contribution in [3.8, 4) is 0 Å². The number of piperidine rings is 1. The van der Waals surface area contributed by atoms with Gasteiger partial charge in [-0.2, -0.15) is 0 Å². The summed E-state index contributed by atoms with van der Waals surface area (Å²) in [7, 11) is 0. The maximum atomic E-state index is 15.0. The van der Waals surface area contributed by atoms with Crippen LogP contribution in [0.25, 0.3) is 0 Å². The Hall–Kier alpha value is -2.59. The number of benzene rings is 2. The number of hydrogen-bond donors (Lipinski definition) is 3. The van der Waals surface area contributed by atoms with Crippen molar-refractivity contribution in [2.24, 2.45) is 10.9 Å². The van der Waals surface area contributed by atoms with E-state index in [1.165, 1.54) is 18.0 Å². The molecule has 2 aromatic carbocycles. The van der Waals surface area contributed by atoms with Gasteiger partial charge in [-0.15, -0.1) is 0 Å². The van der Waals surface area contributed by atoms with Crippen LogP contribution in [0, 0.1) is 11.7 Å². The van der Waals surface area contributed by atoms with Crippen LogP contribution in [0.4, 0.5) is 10.1 Å². The van der Waals surface area contributed by atoms with Gasteiger partial charge in [-0.25, -0.2) is 13.7 Å². The zero-order chi connectivity index (χ0) is 23.4. The van der Waals surface area contributed by atoms with Gasteiger partial charge in [0.1, 0.15) is 16.9 Å². The van der Waals surface area contributed by atoms with Crippen molar-refractivity contribution in [2.75, 3.05) is 13.1 Å². The first-order valence-corrected chi connectivity index (χ1v) is 11.9. The Morgan fingerprint density at radius 1 is 1.18 bits per heavy atom. The number of amidine groups is 1. The second-order valence-corrected chi connectivity index (χ2v) is 9.44. The number of rotatable bonds is 5. The predicted molar refractivity (Wildman–Crippen MR) is 126 cm³/mol. The maximum Gasteiger partial charge on any atom is 0.218 e. The SMILES string of the molecule is C[C@H]1C(=O)C(=O)C(c2ccccc2)SN1Cc1ccc(N=C(NO)C2CCNCC2)cc1F. The van der Waals surface area contributed by atoms with Gasteiger partial charge in [0, 0.05) is 18.0 Å². The lowest BCUT2D eigenvalue weighted by atomic mass is 9.97.